The maximum Gasteiger partial charge on any atom is 0.224 e. The molecule has 4 aromatic rings. The fourth-order valence-corrected chi connectivity index (χ4v) is 5.60. The molecule has 2 aromatic heterocycles. The van der Waals surface area contributed by atoms with Gasteiger partial charge < -0.3 is 15.0 Å². The lowest BCUT2D eigenvalue weighted by Gasteiger charge is -2.25. The first kappa shape index (κ1) is 19.4. The van der Waals surface area contributed by atoms with E-state index in [0.29, 0.717) is 6.42 Å². The highest BCUT2D eigenvalue weighted by Gasteiger charge is 2.16. The van der Waals surface area contributed by atoms with Gasteiger partial charge in [-0.05, 0) is 43.2 Å². The Morgan fingerprint density at radius 3 is 2.73 bits per heavy atom. The van der Waals surface area contributed by atoms with Crippen molar-refractivity contribution in [3.8, 4) is 0 Å². The number of aryl methyl sites for hydroxylation is 1. The molecule has 1 amide bonds. The van der Waals surface area contributed by atoms with Gasteiger partial charge in [-0.1, -0.05) is 23.5 Å². The number of carbonyl (C=O) groups excluding carboxylic acids is 1. The Kier molecular flexibility index (Phi) is 5.61. The molecule has 154 valence electrons. The molecule has 0 saturated carbocycles. The highest BCUT2D eigenvalue weighted by molar-refractivity contribution is 7.22. The molecule has 1 fully saturated rings. The summed E-state index contributed by atoms with van der Waals surface area (Å²) in [4.78, 5) is 24.0. The number of para-hydroxylation sites is 1. The fraction of sp³-hybridized carbons (Fsp3) is 0.318. The van der Waals surface area contributed by atoms with E-state index in [1.54, 1.807) is 22.7 Å². The Balaban J connectivity index is 1.17. The Morgan fingerprint density at radius 2 is 1.87 bits per heavy atom. The summed E-state index contributed by atoms with van der Waals surface area (Å²) < 4.78 is 7.71. The highest BCUT2D eigenvalue weighted by Crippen LogP contribution is 2.31. The van der Waals surface area contributed by atoms with E-state index in [4.69, 9.17) is 9.72 Å². The number of hydrogen-bond donors (Lipinski definition) is 1. The lowest BCUT2D eigenvalue weighted by atomic mass is 10.2. The molecule has 3 heterocycles. The summed E-state index contributed by atoms with van der Waals surface area (Å²) in [5.74, 6) is 0.0355. The van der Waals surface area contributed by atoms with Crippen LogP contribution in [-0.4, -0.2) is 42.2 Å². The molecule has 0 aliphatic carbocycles. The molecule has 0 bridgehead atoms. The van der Waals surface area contributed by atoms with Gasteiger partial charge in [0.2, 0.25) is 5.91 Å². The predicted octanol–water partition coefficient (Wildman–Crippen LogP) is 4.70. The largest absolute Gasteiger partial charge is 0.378 e. The van der Waals surface area contributed by atoms with Crippen molar-refractivity contribution in [3.05, 3.63) is 47.5 Å². The molecule has 0 atom stereocenters. The topological polar surface area (TPSA) is 67.4 Å². The van der Waals surface area contributed by atoms with Crippen molar-refractivity contribution in [1.29, 1.82) is 0 Å². The maximum atomic E-state index is 12.4. The predicted molar refractivity (Wildman–Crippen MR) is 124 cm³/mol. The number of nitrogens with one attached hydrogen (secondary N) is 1. The Morgan fingerprint density at radius 1 is 1.03 bits per heavy atom. The van der Waals surface area contributed by atoms with Gasteiger partial charge in [-0.2, -0.15) is 0 Å². The lowest BCUT2D eigenvalue weighted by molar-refractivity contribution is -0.116. The van der Waals surface area contributed by atoms with E-state index in [1.807, 2.05) is 36.4 Å². The van der Waals surface area contributed by atoms with E-state index in [-0.39, 0.29) is 5.91 Å². The normalized spacial score (nSPS) is 14.5. The summed E-state index contributed by atoms with van der Waals surface area (Å²) in [5, 5.41) is 5.13. The van der Waals surface area contributed by atoms with Crippen molar-refractivity contribution >= 4 is 59.8 Å². The van der Waals surface area contributed by atoms with Gasteiger partial charge in [0, 0.05) is 25.2 Å². The molecular formula is C22H22N4O2S2. The Bertz CT molecular complexity index is 1150. The third-order valence-corrected chi connectivity index (χ3v) is 7.25. The Hall–Kier alpha value is -2.55. The van der Waals surface area contributed by atoms with E-state index in [0.717, 1.165) is 70.7 Å². The van der Waals surface area contributed by atoms with Crippen LogP contribution >= 0.6 is 22.7 Å². The van der Waals surface area contributed by atoms with Crippen LogP contribution in [0.5, 0.6) is 0 Å². The zero-order valence-corrected chi connectivity index (χ0v) is 18.1. The number of hydrogen-bond acceptors (Lipinski definition) is 7. The van der Waals surface area contributed by atoms with Crippen LogP contribution in [0.25, 0.3) is 20.4 Å². The van der Waals surface area contributed by atoms with Gasteiger partial charge in [0.1, 0.15) is 0 Å². The summed E-state index contributed by atoms with van der Waals surface area (Å²) in [6, 6.07) is 14.1. The van der Waals surface area contributed by atoms with Gasteiger partial charge in [0.15, 0.2) is 5.13 Å². The second-order valence-corrected chi connectivity index (χ2v) is 9.38. The van der Waals surface area contributed by atoms with E-state index >= 15 is 0 Å². The van der Waals surface area contributed by atoms with Crippen LogP contribution in [0.3, 0.4) is 0 Å². The SMILES string of the molecule is O=C(CCCc1nc2ccccc2s1)Nc1ccc2nc(N3CCOCC3)sc2c1. The van der Waals surface area contributed by atoms with Crippen LogP contribution in [0.2, 0.25) is 0 Å². The van der Waals surface area contributed by atoms with Crippen LogP contribution in [0, 0.1) is 0 Å². The second kappa shape index (κ2) is 8.67. The van der Waals surface area contributed by atoms with Gasteiger partial charge in [-0.15, -0.1) is 11.3 Å². The number of ether oxygens (including phenoxy) is 1. The monoisotopic (exact) mass is 438 g/mol. The molecule has 0 unspecified atom stereocenters. The average Bonchev–Trinajstić information content (AvgIpc) is 3.37. The summed E-state index contributed by atoms with van der Waals surface area (Å²) >= 11 is 3.37. The summed E-state index contributed by atoms with van der Waals surface area (Å²) in [6.45, 7) is 3.23. The number of benzene rings is 2. The number of aromatic nitrogens is 2. The van der Waals surface area contributed by atoms with Crippen molar-refractivity contribution in [1.82, 2.24) is 9.97 Å². The zero-order chi connectivity index (χ0) is 20.3. The first-order valence-electron chi connectivity index (χ1n) is 10.1. The molecule has 30 heavy (non-hydrogen) atoms. The molecule has 1 aliphatic heterocycles. The molecule has 0 spiro atoms. The molecular weight excluding hydrogens is 416 g/mol. The number of fused-ring (bicyclic) bond motifs is 2. The van der Waals surface area contributed by atoms with E-state index in [1.165, 1.54) is 4.70 Å². The van der Waals surface area contributed by atoms with Crippen molar-refractivity contribution < 1.29 is 9.53 Å². The van der Waals surface area contributed by atoms with E-state index in [9.17, 15) is 4.79 Å². The molecule has 8 heteroatoms. The molecule has 1 N–H and O–H groups in total. The van der Waals surface area contributed by atoms with Crippen molar-refractivity contribution in [2.75, 3.05) is 36.5 Å². The van der Waals surface area contributed by atoms with Crippen LogP contribution in [0.4, 0.5) is 10.8 Å². The van der Waals surface area contributed by atoms with Gasteiger partial charge in [-0.25, -0.2) is 9.97 Å². The molecule has 1 saturated heterocycles. The van der Waals surface area contributed by atoms with Crippen LogP contribution in [0.1, 0.15) is 17.8 Å². The first-order chi connectivity index (χ1) is 14.7. The standard InChI is InChI=1S/C22H22N4O2S2/c27-20(6-3-7-21-24-16-4-1-2-5-18(16)29-21)23-15-8-9-17-19(14-15)30-22(25-17)26-10-12-28-13-11-26/h1-2,4-5,8-9,14H,3,6-7,10-13H2,(H,23,27). The summed E-state index contributed by atoms with van der Waals surface area (Å²) in [7, 11) is 0. The van der Waals surface area contributed by atoms with Gasteiger partial charge in [-0.3, -0.25) is 4.79 Å². The van der Waals surface area contributed by atoms with Crippen LogP contribution in [-0.2, 0) is 16.0 Å². The summed E-state index contributed by atoms with van der Waals surface area (Å²) in [5.41, 5.74) is 2.83. The minimum Gasteiger partial charge on any atom is -0.378 e. The van der Waals surface area contributed by atoms with E-state index < -0.39 is 0 Å². The number of carbonyl (C=O) groups is 1. The average molecular weight is 439 g/mol. The number of anilines is 2. The lowest BCUT2D eigenvalue weighted by Crippen LogP contribution is -2.36. The van der Waals surface area contributed by atoms with Gasteiger partial charge >= 0.3 is 0 Å². The number of morpholine rings is 1. The highest BCUT2D eigenvalue weighted by atomic mass is 32.1. The number of amides is 1. The second-order valence-electron chi connectivity index (χ2n) is 7.26. The van der Waals surface area contributed by atoms with Crippen molar-refractivity contribution in [2.24, 2.45) is 0 Å². The zero-order valence-electron chi connectivity index (χ0n) is 16.5. The quantitative estimate of drug-likeness (QED) is 0.472. The smallest absolute Gasteiger partial charge is 0.224 e. The minimum absolute atomic E-state index is 0.0355. The van der Waals surface area contributed by atoms with Gasteiger partial charge in [0.25, 0.3) is 0 Å². The van der Waals surface area contributed by atoms with Crippen LogP contribution in [0.15, 0.2) is 42.5 Å². The van der Waals surface area contributed by atoms with E-state index in [2.05, 4.69) is 21.3 Å². The third-order valence-electron chi connectivity index (χ3n) is 5.08. The molecule has 2 aromatic carbocycles. The fourth-order valence-electron chi connectivity index (χ4n) is 3.53. The molecule has 6 nitrogen and oxygen atoms in total. The van der Waals surface area contributed by atoms with Crippen molar-refractivity contribution in [2.45, 2.75) is 19.3 Å². The molecule has 5 rings (SSSR count). The number of rotatable bonds is 6. The molecule has 1 aliphatic rings. The number of nitrogens with zero attached hydrogens (tertiary/aromatic N) is 3. The Labute approximate surface area is 182 Å². The maximum absolute atomic E-state index is 12.4. The summed E-state index contributed by atoms with van der Waals surface area (Å²) in [6.07, 6.45) is 2.09. The minimum atomic E-state index is 0.0355. The molecule has 0 radical (unpaired) electrons. The van der Waals surface area contributed by atoms with Gasteiger partial charge in [0.05, 0.1) is 38.7 Å². The van der Waals surface area contributed by atoms with Crippen LogP contribution < -0.4 is 10.2 Å². The van der Waals surface area contributed by atoms with Crippen molar-refractivity contribution in [3.63, 3.8) is 0 Å². The first-order valence-corrected chi connectivity index (χ1v) is 11.8. The third kappa shape index (κ3) is 4.30. The number of thiazole rings is 2.